The maximum atomic E-state index is 13.8. The lowest BCUT2D eigenvalue weighted by molar-refractivity contribution is -0.138. The number of anilines is 1. The first-order valence-electron chi connectivity index (χ1n) is 13.3. The Labute approximate surface area is 252 Å². The first-order chi connectivity index (χ1) is 20.6. The number of carbonyl (C=O) groups excluding carboxylic acids is 1. The molecule has 1 aromatic heterocycles. The van der Waals surface area contributed by atoms with Crippen molar-refractivity contribution < 1.29 is 23.1 Å². The number of phenols is 1. The Morgan fingerprint density at radius 2 is 1.81 bits per heavy atom. The summed E-state index contributed by atoms with van der Waals surface area (Å²) in [6.45, 7) is 0.125. The molecule has 1 atom stereocenters. The Hall–Kier alpha value is -4.73. The lowest BCUT2D eigenvalue weighted by atomic mass is 9.99. The van der Waals surface area contributed by atoms with Crippen LogP contribution in [0.2, 0.25) is 0 Å². The number of aromatic nitrogens is 2. The third kappa shape index (κ3) is 8.41. The second kappa shape index (κ2) is 14.0. The molecule has 4 aromatic rings. The molecule has 0 spiro atoms. The molecular weight excluding hydrogens is 577 g/mol. The van der Waals surface area contributed by atoms with Crippen molar-refractivity contribution in [2.24, 2.45) is 11.7 Å². The maximum Gasteiger partial charge on any atom is 0.416 e. The number of imidazole rings is 1. The highest BCUT2D eigenvalue weighted by molar-refractivity contribution is 7.80. The summed E-state index contributed by atoms with van der Waals surface area (Å²) in [5, 5.41) is 21.7. The topological polar surface area (TPSA) is 120 Å². The molecule has 0 amide bonds. The number of benzene rings is 3. The van der Waals surface area contributed by atoms with Gasteiger partial charge in [0.1, 0.15) is 11.5 Å². The van der Waals surface area contributed by atoms with E-state index >= 15 is 0 Å². The molecule has 0 saturated heterocycles. The Morgan fingerprint density at radius 1 is 1.12 bits per heavy atom. The van der Waals surface area contributed by atoms with Crippen molar-refractivity contribution in [3.05, 3.63) is 113 Å². The highest BCUT2D eigenvalue weighted by Gasteiger charge is 2.34. The zero-order chi connectivity index (χ0) is 31.0. The van der Waals surface area contributed by atoms with Gasteiger partial charge in [0.2, 0.25) is 0 Å². The highest BCUT2D eigenvalue weighted by atomic mass is 32.1. The molecule has 12 heteroatoms. The van der Waals surface area contributed by atoms with E-state index in [4.69, 9.17) is 23.2 Å². The Kier molecular flexibility index (Phi) is 10.1. The molecule has 0 unspecified atom stereocenters. The van der Waals surface area contributed by atoms with Crippen molar-refractivity contribution in [3.63, 3.8) is 0 Å². The first-order valence-corrected chi connectivity index (χ1v) is 13.7. The number of thiocarbonyl (C=S) groups is 1. The van der Waals surface area contributed by atoms with Crippen molar-refractivity contribution in [3.8, 4) is 11.8 Å². The van der Waals surface area contributed by atoms with Crippen LogP contribution in [-0.4, -0.2) is 43.5 Å². The van der Waals surface area contributed by atoms with Crippen LogP contribution in [-0.2, 0) is 30.5 Å². The number of nitrogens with one attached hydrogen (secondary N) is 1. The molecule has 0 bridgehead atoms. The van der Waals surface area contributed by atoms with Gasteiger partial charge < -0.3 is 25.6 Å². The van der Waals surface area contributed by atoms with E-state index in [1.165, 1.54) is 35.2 Å². The predicted octanol–water partition coefficient (Wildman–Crippen LogP) is 5.11. The summed E-state index contributed by atoms with van der Waals surface area (Å²) in [6, 6.07) is 20.4. The third-order valence-electron chi connectivity index (χ3n) is 6.86. The largest absolute Gasteiger partial charge is 0.508 e. The lowest BCUT2D eigenvalue weighted by Gasteiger charge is -2.30. The number of halogens is 3. The van der Waals surface area contributed by atoms with Crippen LogP contribution in [0.15, 0.2) is 85.3 Å². The summed E-state index contributed by atoms with van der Waals surface area (Å²) in [4.78, 5) is 19.2. The number of hydrogen-bond donors (Lipinski definition) is 3. The smallest absolute Gasteiger partial charge is 0.416 e. The zero-order valence-electron chi connectivity index (χ0n) is 23.0. The number of nitrogens with zero attached hydrogens (tertiary/aromatic N) is 4. The summed E-state index contributed by atoms with van der Waals surface area (Å²) in [6.07, 6.45) is -1.38. The fourth-order valence-electron chi connectivity index (χ4n) is 4.52. The molecular formula is C31H29F3N6O2S. The van der Waals surface area contributed by atoms with Gasteiger partial charge in [0.25, 0.3) is 0 Å². The van der Waals surface area contributed by atoms with Gasteiger partial charge in [-0.2, -0.15) is 18.4 Å². The van der Waals surface area contributed by atoms with Crippen LogP contribution in [0, 0.1) is 17.2 Å². The van der Waals surface area contributed by atoms with Crippen LogP contribution in [0.25, 0.3) is 0 Å². The fraction of sp³-hybridized carbons (Fsp3) is 0.226. The molecule has 3 aromatic carbocycles. The summed E-state index contributed by atoms with van der Waals surface area (Å²) in [5.74, 6) is -0.929. The Balaban J connectivity index is 1.54. The van der Waals surface area contributed by atoms with Crippen LogP contribution in [0.3, 0.4) is 0 Å². The summed E-state index contributed by atoms with van der Waals surface area (Å²) >= 11 is 5.59. The number of aromatic hydroxyl groups is 1. The van der Waals surface area contributed by atoms with Crippen LogP contribution in [0.4, 0.5) is 18.9 Å². The lowest BCUT2D eigenvalue weighted by Crippen LogP contribution is -2.43. The minimum atomic E-state index is -4.58. The van der Waals surface area contributed by atoms with Crippen LogP contribution < -0.4 is 11.1 Å². The van der Waals surface area contributed by atoms with Gasteiger partial charge in [-0.1, -0.05) is 30.3 Å². The number of carbonyl (C=O) groups is 1. The van der Waals surface area contributed by atoms with Gasteiger partial charge in [-0.3, -0.25) is 4.79 Å². The first kappa shape index (κ1) is 31.2. The van der Waals surface area contributed by atoms with Crippen molar-refractivity contribution in [2.45, 2.75) is 25.7 Å². The summed E-state index contributed by atoms with van der Waals surface area (Å²) in [7, 11) is 0. The van der Waals surface area contributed by atoms with Crippen LogP contribution in [0.5, 0.6) is 5.75 Å². The second-order valence-electron chi connectivity index (χ2n) is 9.91. The maximum absolute atomic E-state index is 13.8. The highest BCUT2D eigenvalue weighted by Crippen LogP contribution is 2.32. The molecule has 0 radical (unpaired) electrons. The Morgan fingerprint density at radius 3 is 2.47 bits per heavy atom. The van der Waals surface area contributed by atoms with E-state index in [1.807, 2.05) is 16.7 Å². The molecule has 0 saturated carbocycles. The number of Topliss-reactive ketones (excluding diaryl/α,β-unsaturated/α-hetero) is 1. The van der Waals surface area contributed by atoms with Gasteiger partial charge >= 0.3 is 6.18 Å². The van der Waals surface area contributed by atoms with Crippen LogP contribution >= 0.6 is 12.2 Å². The van der Waals surface area contributed by atoms with Gasteiger partial charge in [0.05, 0.1) is 23.5 Å². The number of nitrogens with two attached hydrogens (primary N) is 1. The number of rotatable bonds is 11. The molecule has 0 aliphatic carbocycles. The van der Waals surface area contributed by atoms with E-state index in [0.29, 0.717) is 23.5 Å². The number of hydrogen-bond acceptors (Lipinski definition) is 6. The summed E-state index contributed by atoms with van der Waals surface area (Å²) < 4.78 is 43.2. The molecule has 4 rings (SSSR count). The van der Waals surface area contributed by atoms with E-state index < -0.39 is 17.7 Å². The van der Waals surface area contributed by atoms with Crippen molar-refractivity contribution in [1.29, 1.82) is 5.26 Å². The van der Waals surface area contributed by atoms with Crippen LogP contribution in [0.1, 0.15) is 27.9 Å². The van der Waals surface area contributed by atoms with E-state index in [1.54, 1.807) is 36.8 Å². The molecule has 0 fully saturated rings. The summed E-state index contributed by atoms with van der Waals surface area (Å²) in [5.41, 5.74) is 7.85. The van der Waals surface area contributed by atoms with E-state index in [0.717, 1.165) is 11.6 Å². The fourth-order valence-corrected chi connectivity index (χ4v) is 4.78. The monoisotopic (exact) mass is 606 g/mol. The average molecular weight is 607 g/mol. The molecule has 43 heavy (non-hydrogen) atoms. The second-order valence-corrected chi connectivity index (χ2v) is 10.3. The van der Waals surface area contributed by atoms with Crippen molar-refractivity contribution in [1.82, 2.24) is 14.5 Å². The van der Waals surface area contributed by atoms with E-state index in [-0.39, 0.29) is 48.3 Å². The standard InChI is InChI=1S/C31H29F3N6O2S/c32-31(33,34)28-4-2-1-3-23(28)18-39(30(43)38-25-9-11-27(41)12-10-25)19-24(15-36)29(42)13-26-16-37-20-40(26)17-22-7-5-21(14-35)6-8-22/h1-12,16,20,24,41H,13,15,17-19,36H2,(H,38,43)/t24-/m0/s1. The predicted molar refractivity (Wildman–Crippen MR) is 160 cm³/mol. The minimum Gasteiger partial charge on any atom is -0.508 e. The SMILES string of the molecule is N#Cc1ccc(Cn2cncc2CC(=O)[C@@H](CN)CN(Cc2ccccc2C(F)(F)F)C(=S)Nc2ccc(O)cc2)cc1. The molecule has 1 heterocycles. The minimum absolute atomic E-state index is 0.00325. The third-order valence-corrected chi connectivity index (χ3v) is 7.22. The van der Waals surface area contributed by atoms with E-state index in [9.17, 15) is 23.1 Å². The number of nitriles is 1. The molecule has 222 valence electrons. The number of phenolic OH excluding ortho intramolecular Hbond substituents is 1. The molecule has 0 aliphatic rings. The van der Waals surface area contributed by atoms with Gasteiger partial charge in [0.15, 0.2) is 5.11 Å². The average Bonchev–Trinajstić information content (AvgIpc) is 3.42. The van der Waals surface area contributed by atoms with Gasteiger partial charge in [0, 0.05) is 56.1 Å². The normalized spacial score (nSPS) is 11.9. The van der Waals surface area contributed by atoms with Gasteiger partial charge in [-0.15, -0.1) is 0 Å². The molecule has 8 nitrogen and oxygen atoms in total. The van der Waals surface area contributed by atoms with E-state index in [2.05, 4.69) is 16.4 Å². The van der Waals surface area contributed by atoms with Crippen molar-refractivity contribution in [2.75, 3.05) is 18.4 Å². The molecule has 0 aliphatic heterocycles. The van der Waals surface area contributed by atoms with Gasteiger partial charge in [-0.25, -0.2) is 4.98 Å². The zero-order valence-corrected chi connectivity index (χ0v) is 23.8. The molecule has 4 N–H and O–H groups in total. The van der Waals surface area contributed by atoms with Crippen molar-refractivity contribution >= 4 is 28.8 Å². The Bertz CT molecular complexity index is 1600. The van der Waals surface area contributed by atoms with Gasteiger partial charge in [-0.05, 0) is 65.8 Å². The number of alkyl halides is 3. The number of ketones is 1. The quantitative estimate of drug-likeness (QED) is 0.159.